The zero-order chi connectivity index (χ0) is 9.68. The molecular formula is C7H8N4OS. The van der Waals surface area contributed by atoms with Crippen molar-refractivity contribution in [3.63, 3.8) is 0 Å². The molecule has 0 unspecified atom stereocenters. The summed E-state index contributed by atoms with van der Waals surface area (Å²) in [5.74, 6) is 0.108. The molecule has 0 radical (unpaired) electrons. The Morgan fingerprint density at radius 3 is 2.92 bits per heavy atom. The molecule has 1 aromatic rings. The number of hydrogen-bond acceptors (Lipinski definition) is 4. The molecule has 68 valence electrons. The van der Waals surface area contributed by atoms with Gasteiger partial charge in [-0.25, -0.2) is 4.98 Å². The number of hydrogen-bond donors (Lipinski definition) is 2. The van der Waals surface area contributed by atoms with Gasteiger partial charge in [-0.05, 0) is 0 Å². The van der Waals surface area contributed by atoms with Gasteiger partial charge in [0.05, 0.1) is 17.6 Å². The van der Waals surface area contributed by atoms with Crippen molar-refractivity contribution < 1.29 is 4.79 Å². The Morgan fingerprint density at radius 2 is 2.38 bits per heavy atom. The van der Waals surface area contributed by atoms with Gasteiger partial charge in [-0.3, -0.25) is 9.78 Å². The highest BCUT2D eigenvalue weighted by Crippen LogP contribution is 1.97. The Kier molecular flexibility index (Phi) is 3.27. The summed E-state index contributed by atoms with van der Waals surface area (Å²) < 4.78 is 0. The normalized spacial score (nSPS) is 9.23. The van der Waals surface area contributed by atoms with Crippen molar-refractivity contribution >= 4 is 28.9 Å². The standard InChI is InChI=1S/C7H8N4OS/c8-5(13)3-7(12)11-6-4-9-1-2-10-6/h1-2,4H,3H2,(H2,8,13)(H,10,11,12). The number of anilines is 1. The van der Waals surface area contributed by atoms with Crippen molar-refractivity contribution in [1.29, 1.82) is 0 Å². The van der Waals surface area contributed by atoms with Crippen LogP contribution in [-0.4, -0.2) is 20.9 Å². The molecule has 0 atom stereocenters. The Labute approximate surface area is 80.4 Å². The average Bonchev–Trinajstić information content (AvgIpc) is 2.04. The monoisotopic (exact) mass is 196 g/mol. The molecule has 0 aliphatic carbocycles. The Bertz CT molecular complexity index is 314. The van der Waals surface area contributed by atoms with E-state index in [2.05, 4.69) is 27.5 Å². The second-order valence-corrected chi connectivity index (χ2v) is 2.81. The van der Waals surface area contributed by atoms with E-state index in [0.717, 1.165) is 0 Å². The van der Waals surface area contributed by atoms with Gasteiger partial charge >= 0.3 is 0 Å². The molecule has 1 amide bonds. The third kappa shape index (κ3) is 3.57. The second kappa shape index (κ2) is 4.46. The first-order valence-corrected chi connectivity index (χ1v) is 3.93. The van der Waals surface area contributed by atoms with Crippen LogP contribution in [0.25, 0.3) is 0 Å². The molecule has 0 spiro atoms. The fraction of sp³-hybridized carbons (Fsp3) is 0.143. The van der Waals surface area contributed by atoms with Crippen molar-refractivity contribution in [3.05, 3.63) is 18.6 Å². The van der Waals surface area contributed by atoms with Crippen LogP contribution in [0.3, 0.4) is 0 Å². The number of carbonyl (C=O) groups excluding carboxylic acids is 1. The van der Waals surface area contributed by atoms with E-state index in [4.69, 9.17) is 5.73 Å². The Hall–Kier alpha value is -1.56. The zero-order valence-electron chi connectivity index (χ0n) is 6.73. The van der Waals surface area contributed by atoms with Gasteiger partial charge in [-0.15, -0.1) is 0 Å². The van der Waals surface area contributed by atoms with E-state index in [1.807, 2.05) is 0 Å². The fourth-order valence-electron chi connectivity index (χ4n) is 0.709. The number of nitrogens with zero attached hydrogens (tertiary/aromatic N) is 2. The zero-order valence-corrected chi connectivity index (χ0v) is 7.54. The number of amides is 1. The predicted octanol–water partition coefficient (Wildman–Crippen LogP) is 0.0913. The Morgan fingerprint density at radius 1 is 1.62 bits per heavy atom. The highest BCUT2D eigenvalue weighted by atomic mass is 32.1. The molecule has 0 saturated heterocycles. The average molecular weight is 196 g/mol. The summed E-state index contributed by atoms with van der Waals surface area (Å²) in [7, 11) is 0. The van der Waals surface area contributed by atoms with E-state index in [9.17, 15) is 4.79 Å². The van der Waals surface area contributed by atoms with E-state index >= 15 is 0 Å². The lowest BCUT2D eigenvalue weighted by Gasteiger charge is -2.01. The van der Waals surface area contributed by atoms with Gasteiger partial charge < -0.3 is 11.1 Å². The smallest absolute Gasteiger partial charge is 0.232 e. The number of nitrogens with one attached hydrogen (secondary N) is 1. The molecule has 1 heterocycles. The minimum absolute atomic E-state index is 0.0197. The van der Waals surface area contributed by atoms with E-state index in [-0.39, 0.29) is 17.3 Å². The largest absolute Gasteiger partial charge is 0.393 e. The first-order chi connectivity index (χ1) is 6.18. The summed E-state index contributed by atoms with van der Waals surface area (Å²) in [4.78, 5) is 18.9. The third-order valence-corrected chi connectivity index (χ3v) is 1.31. The van der Waals surface area contributed by atoms with Crippen LogP contribution < -0.4 is 11.1 Å². The molecule has 0 aliphatic rings. The first kappa shape index (κ1) is 9.53. The maximum absolute atomic E-state index is 11.1. The molecular weight excluding hydrogens is 188 g/mol. The lowest BCUT2D eigenvalue weighted by molar-refractivity contribution is -0.115. The molecule has 5 nitrogen and oxygen atoms in total. The summed E-state index contributed by atoms with van der Waals surface area (Å²) >= 11 is 4.57. The van der Waals surface area contributed by atoms with Crippen LogP contribution in [0.1, 0.15) is 6.42 Å². The van der Waals surface area contributed by atoms with Crippen LogP contribution in [0.15, 0.2) is 18.6 Å². The second-order valence-electron chi connectivity index (χ2n) is 2.28. The SMILES string of the molecule is NC(=S)CC(=O)Nc1cnccn1. The number of thiocarbonyl (C=S) groups is 1. The summed E-state index contributed by atoms with van der Waals surface area (Å²) in [6, 6.07) is 0. The van der Waals surface area contributed by atoms with Gasteiger partial charge in [0.25, 0.3) is 0 Å². The minimum Gasteiger partial charge on any atom is -0.393 e. The lowest BCUT2D eigenvalue weighted by atomic mass is 10.4. The lowest BCUT2D eigenvalue weighted by Crippen LogP contribution is -2.20. The number of nitrogens with two attached hydrogens (primary N) is 1. The number of rotatable bonds is 3. The van der Waals surface area contributed by atoms with Crippen LogP contribution in [0.4, 0.5) is 5.82 Å². The number of aromatic nitrogens is 2. The topological polar surface area (TPSA) is 80.9 Å². The molecule has 1 rings (SSSR count). The van der Waals surface area contributed by atoms with Crippen molar-refractivity contribution in [2.75, 3.05) is 5.32 Å². The third-order valence-electron chi connectivity index (χ3n) is 1.17. The molecule has 0 aliphatic heterocycles. The first-order valence-electron chi connectivity index (χ1n) is 3.52. The van der Waals surface area contributed by atoms with Crippen LogP contribution >= 0.6 is 12.2 Å². The van der Waals surface area contributed by atoms with Gasteiger partial charge in [-0.2, -0.15) is 0 Å². The molecule has 0 fully saturated rings. The van der Waals surface area contributed by atoms with Crippen molar-refractivity contribution in [2.45, 2.75) is 6.42 Å². The number of carbonyl (C=O) groups is 1. The van der Waals surface area contributed by atoms with Gasteiger partial charge in [0.1, 0.15) is 0 Å². The molecule has 0 bridgehead atoms. The van der Waals surface area contributed by atoms with E-state index in [1.165, 1.54) is 18.6 Å². The molecule has 0 aromatic carbocycles. The molecule has 6 heteroatoms. The van der Waals surface area contributed by atoms with Crippen LogP contribution in [0, 0.1) is 0 Å². The molecule has 3 N–H and O–H groups in total. The van der Waals surface area contributed by atoms with Gasteiger partial charge in [0.2, 0.25) is 5.91 Å². The minimum atomic E-state index is -0.284. The maximum atomic E-state index is 11.1. The van der Waals surface area contributed by atoms with Gasteiger partial charge in [0.15, 0.2) is 5.82 Å². The van der Waals surface area contributed by atoms with Gasteiger partial charge in [0, 0.05) is 12.4 Å². The van der Waals surface area contributed by atoms with Crippen molar-refractivity contribution in [1.82, 2.24) is 9.97 Å². The summed E-state index contributed by atoms with van der Waals surface area (Å²) in [6.45, 7) is 0. The van der Waals surface area contributed by atoms with Crippen molar-refractivity contribution in [3.8, 4) is 0 Å². The van der Waals surface area contributed by atoms with E-state index in [1.54, 1.807) is 0 Å². The summed E-state index contributed by atoms with van der Waals surface area (Å²) in [6.07, 6.45) is 4.46. The maximum Gasteiger partial charge on any atom is 0.232 e. The van der Waals surface area contributed by atoms with Gasteiger partial charge in [-0.1, -0.05) is 12.2 Å². The fourth-order valence-corrected chi connectivity index (χ4v) is 0.840. The summed E-state index contributed by atoms with van der Waals surface area (Å²) in [5.41, 5.74) is 5.18. The van der Waals surface area contributed by atoms with Crippen molar-refractivity contribution in [2.24, 2.45) is 5.73 Å². The van der Waals surface area contributed by atoms with Crippen LogP contribution in [0.5, 0.6) is 0 Å². The Balaban J connectivity index is 2.50. The molecule has 13 heavy (non-hydrogen) atoms. The molecule has 1 aromatic heterocycles. The van der Waals surface area contributed by atoms with Crippen LogP contribution in [-0.2, 0) is 4.79 Å². The highest BCUT2D eigenvalue weighted by Gasteiger charge is 2.03. The van der Waals surface area contributed by atoms with E-state index in [0.29, 0.717) is 5.82 Å². The van der Waals surface area contributed by atoms with Crippen LogP contribution in [0.2, 0.25) is 0 Å². The highest BCUT2D eigenvalue weighted by molar-refractivity contribution is 7.80. The van der Waals surface area contributed by atoms with E-state index < -0.39 is 0 Å². The predicted molar refractivity (Wildman–Crippen MR) is 52.1 cm³/mol. The quantitative estimate of drug-likeness (QED) is 0.670. The molecule has 0 saturated carbocycles. The summed E-state index contributed by atoms with van der Waals surface area (Å²) in [5, 5.41) is 2.49.